The Morgan fingerprint density at radius 3 is 2.59 bits per heavy atom. The van der Waals surface area contributed by atoms with Crippen LogP contribution in [0.3, 0.4) is 0 Å². The summed E-state index contributed by atoms with van der Waals surface area (Å²) in [5.74, 6) is -1.01. The predicted molar refractivity (Wildman–Crippen MR) is 133 cm³/mol. The Balaban J connectivity index is 1.47. The van der Waals surface area contributed by atoms with E-state index in [2.05, 4.69) is 15.6 Å². The minimum absolute atomic E-state index is 0.141. The standard InChI is InChI=1S/C25H25ClN4O3S/c26-20-10-8-18(9-11-20)22(31)28-21(15-17-5-2-1-3-6-17)24(33)30-13-4-7-19(16-30)23(32)29-25-27-12-14-34-25/h1-3,5-6,8-12,14,19,21H,4,7,13,15-16H2,(H,28,31)(H,27,29,32). The molecule has 34 heavy (non-hydrogen) atoms. The van der Waals surface area contributed by atoms with Gasteiger partial charge in [0, 0.05) is 41.7 Å². The number of likely N-dealkylation sites (tertiary alicyclic amines) is 1. The summed E-state index contributed by atoms with van der Waals surface area (Å²) < 4.78 is 0. The van der Waals surface area contributed by atoms with E-state index in [1.165, 1.54) is 11.3 Å². The molecule has 7 nitrogen and oxygen atoms in total. The molecule has 3 aromatic rings. The van der Waals surface area contributed by atoms with Gasteiger partial charge in [0.05, 0.1) is 5.92 Å². The first-order chi connectivity index (χ1) is 16.5. The molecule has 1 aromatic heterocycles. The van der Waals surface area contributed by atoms with Crippen LogP contribution in [0.1, 0.15) is 28.8 Å². The first kappa shape index (κ1) is 23.9. The van der Waals surface area contributed by atoms with Crippen molar-refractivity contribution in [1.82, 2.24) is 15.2 Å². The summed E-state index contributed by atoms with van der Waals surface area (Å²) in [6.45, 7) is 0.847. The maximum atomic E-state index is 13.6. The normalized spacial score (nSPS) is 16.5. The van der Waals surface area contributed by atoms with Crippen molar-refractivity contribution in [1.29, 1.82) is 0 Å². The number of carbonyl (C=O) groups excluding carboxylic acids is 3. The quantitative estimate of drug-likeness (QED) is 0.517. The van der Waals surface area contributed by atoms with Gasteiger partial charge in [-0.25, -0.2) is 4.98 Å². The zero-order valence-electron chi connectivity index (χ0n) is 18.4. The number of halogens is 1. The second-order valence-corrected chi connectivity index (χ2v) is 9.50. The van der Waals surface area contributed by atoms with Crippen molar-refractivity contribution in [3.05, 3.63) is 82.3 Å². The maximum absolute atomic E-state index is 13.6. The number of benzene rings is 2. The van der Waals surface area contributed by atoms with Crippen molar-refractivity contribution in [3.8, 4) is 0 Å². The zero-order chi connectivity index (χ0) is 23.9. The Labute approximate surface area is 207 Å². The van der Waals surface area contributed by atoms with Gasteiger partial charge >= 0.3 is 0 Å². The largest absolute Gasteiger partial charge is 0.340 e. The summed E-state index contributed by atoms with van der Waals surface area (Å²) in [5.41, 5.74) is 1.36. The Bertz CT molecular complexity index is 1120. The summed E-state index contributed by atoms with van der Waals surface area (Å²) in [4.78, 5) is 45.0. The van der Waals surface area contributed by atoms with Crippen LogP contribution >= 0.6 is 22.9 Å². The fourth-order valence-electron chi connectivity index (χ4n) is 4.00. The molecule has 0 spiro atoms. The van der Waals surface area contributed by atoms with E-state index in [1.54, 1.807) is 40.7 Å². The molecule has 4 rings (SSSR count). The second-order valence-electron chi connectivity index (χ2n) is 8.17. The van der Waals surface area contributed by atoms with Gasteiger partial charge in [-0.15, -0.1) is 11.3 Å². The Morgan fingerprint density at radius 2 is 1.88 bits per heavy atom. The molecule has 3 amide bonds. The fourth-order valence-corrected chi connectivity index (χ4v) is 4.65. The first-order valence-electron chi connectivity index (χ1n) is 11.1. The minimum Gasteiger partial charge on any atom is -0.340 e. The van der Waals surface area contributed by atoms with E-state index in [9.17, 15) is 14.4 Å². The Morgan fingerprint density at radius 1 is 1.12 bits per heavy atom. The number of amides is 3. The average molecular weight is 497 g/mol. The summed E-state index contributed by atoms with van der Waals surface area (Å²) in [6, 6.07) is 15.3. The summed E-state index contributed by atoms with van der Waals surface area (Å²) in [7, 11) is 0. The summed E-state index contributed by atoms with van der Waals surface area (Å²) in [5, 5.41) is 8.60. The molecule has 0 bridgehead atoms. The van der Waals surface area contributed by atoms with Crippen LogP contribution < -0.4 is 10.6 Å². The topological polar surface area (TPSA) is 91.4 Å². The average Bonchev–Trinajstić information content (AvgIpc) is 3.37. The molecule has 176 valence electrons. The Hall–Kier alpha value is -3.23. The lowest BCUT2D eigenvalue weighted by Crippen LogP contribution is -2.53. The van der Waals surface area contributed by atoms with E-state index in [4.69, 9.17) is 11.6 Å². The number of rotatable bonds is 7. The lowest BCUT2D eigenvalue weighted by Gasteiger charge is -2.34. The van der Waals surface area contributed by atoms with Gasteiger partial charge in [-0.1, -0.05) is 41.9 Å². The molecule has 2 atom stereocenters. The number of anilines is 1. The van der Waals surface area contributed by atoms with Crippen LogP contribution in [0.25, 0.3) is 0 Å². The van der Waals surface area contributed by atoms with Gasteiger partial charge in [-0.3, -0.25) is 14.4 Å². The number of thiazole rings is 1. The number of hydrogen-bond donors (Lipinski definition) is 2. The van der Waals surface area contributed by atoms with Crippen LogP contribution in [0.15, 0.2) is 66.2 Å². The Kier molecular flexibility index (Phi) is 7.92. The number of aromatic nitrogens is 1. The van der Waals surface area contributed by atoms with E-state index in [1.807, 2.05) is 30.3 Å². The third-order valence-electron chi connectivity index (χ3n) is 5.76. The molecule has 1 aliphatic heterocycles. The highest BCUT2D eigenvalue weighted by atomic mass is 35.5. The number of nitrogens with zero attached hydrogens (tertiary/aromatic N) is 2. The van der Waals surface area contributed by atoms with Gasteiger partial charge in [0.25, 0.3) is 5.91 Å². The molecule has 2 N–H and O–H groups in total. The van der Waals surface area contributed by atoms with Gasteiger partial charge in [0.15, 0.2) is 5.13 Å². The van der Waals surface area contributed by atoms with Gasteiger partial charge in [0.1, 0.15) is 6.04 Å². The lowest BCUT2D eigenvalue weighted by molar-refractivity contribution is -0.136. The molecular weight excluding hydrogens is 472 g/mol. The number of carbonyl (C=O) groups is 3. The van der Waals surface area contributed by atoms with Crippen LogP contribution in [-0.4, -0.2) is 46.7 Å². The monoisotopic (exact) mass is 496 g/mol. The summed E-state index contributed by atoms with van der Waals surface area (Å²) in [6.07, 6.45) is 3.40. The number of piperidine rings is 1. The minimum atomic E-state index is -0.758. The van der Waals surface area contributed by atoms with Crippen molar-refractivity contribution in [2.75, 3.05) is 18.4 Å². The molecule has 0 radical (unpaired) electrons. The van der Waals surface area contributed by atoms with Crippen LogP contribution in [0.2, 0.25) is 5.02 Å². The van der Waals surface area contributed by atoms with Crippen LogP contribution in [0.4, 0.5) is 5.13 Å². The second kappa shape index (κ2) is 11.3. The summed E-state index contributed by atoms with van der Waals surface area (Å²) >= 11 is 7.29. The third kappa shape index (κ3) is 6.21. The van der Waals surface area contributed by atoms with Crippen molar-refractivity contribution >= 4 is 45.8 Å². The van der Waals surface area contributed by atoms with Gasteiger partial charge in [0.2, 0.25) is 11.8 Å². The van der Waals surface area contributed by atoms with E-state index in [0.717, 1.165) is 5.56 Å². The lowest BCUT2D eigenvalue weighted by atomic mass is 9.95. The maximum Gasteiger partial charge on any atom is 0.251 e. The van der Waals surface area contributed by atoms with Crippen LogP contribution in [0.5, 0.6) is 0 Å². The highest BCUT2D eigenvalue weighted by Crippen LogP contribution is 2.21. The molecule has 0 aliphatic carbocycles. The smallest absolute Gasteiger partial charge is 0.251 e. The van der Waals surface area contributed by atoms with Gasteiger partial charge in [-0.2, -0.15) is 0 Å². The van der Waals surface area contributed by atoms with E-state index in [0.29, 0.717) is 48.1 Å². The van der Waals surface area contributed by atoms with E-state index in [-0.39, 0.29) is 23.6 Å². The highest BCUT2D eigenvalue weighted by molar-refractivity contribution is 7.13. The van der Waals surface area contributed by atoms with Crippen molar-refractivity contribution in [2.45, 2.75) is 25.3 Å². The molecule has 1 saturated heterocycles. The van der Waals surface area contributed by atoms with E-state index < -0.39 is 6.04 Å². The van der Waals surface area contributed by atoms with Crippen molar-refractivity contribution < 1.29 is 14.4 Å². The molecule has 1 fully saturated rings. The number of hydrogen-bond acceptors (Lipinski definition) is 5. The predicted octanol–water partition coefficient (Wildman–Crippen LogP) is 4.01. The van der Waals surface area contributed by atoms with Crippen molar-refractivity contribution in [2.24, 2.45) is 5.92 Å². The van der Waals surface area contributed by atoms with Gasteiger partial charge in [-0.05, 0) is 42.7 Å². The molecule has 1 aliphatic rings. The van der Waals surface area contributed by atoms with Crippen LogP contribution in [-0.2, 0) is 16.0 Å². The number of nitrogens with one attached hydrogen (secondary N) is 2. The molecule has 9 heteroatoms. The van der Waals surface area contributed by atoms with Gasteiger partial charge < -0.3 is 15.5 Å². The fraction of sp³-hybridized carbons (Fsp3) is 0.280. The third-order valence-corrected chi connectivity index (χ3v) is 6.70. The zero-order valence-corrected chi connectivity index (χ0v) is 20.0. The molecule has 2 aromatic carbocycles. The van der Waals surface area contributed by atoms with E-state index >= 15 is 0 Å². The molecule has 2 heterocycles. The molecular formula is C25H25ClN4O3S. The van der Waals surface area contributed by atoms with Crippen LogP contribution in [0, 0.1) is 5.92 Å². The highest BCUT2D eigenvalue weighted by Gasteiger charge is 2.33. The molecule has 0 saturated carbocycles. The van der Waals surface area contributed by atoms with Crippen molar-refractivity contribution in [3.63, 3.8) is 0 Å². The molecule has 2 unspecified atom stereocenters. The first-order valence-corrected chi connectivity index (χ1v) is 12.3. The SMILES string of the molecule is O=C(NC(Cc1ccccc1)C(=O)N1CCCC(C(=O)Nc2nccs2)C1)c1ccc(Cl)cc1.